The maximum Gasteiger partial charge on any atom is 0.330 e. The minimum atomic E-state index is -0.514. The van der Waals surface area contributed by atoms with Gasteiger partial charge >= 0.3 is 5.97 Å². The molecule has 1 atom stereocenters. The molecule has 1 aromatic heterocycles. The lowest BCUT2D eigenvalue weighted by Crippen LogP contribution is -2.16. The van der Waals surface area contributed by atoms with Gasteiger partial charge in [-0.15, -0.1) is 0 Å². The highest BCUT2D eigenvalue weighted by Gasteiger charge is 2.21. The van der Waals surface area contributed by atoms with Gasteiger partial charge < -0.3 is 9.30 Å². The predicted molar refractivity (Wildman–Crippen MR) is 144 cm³/mol. The Hall–Kier alpha value is -4.32. The molecule has 188 valence electrons. The second-order valence-electron chi connectivity index (χ2n) is 9.15. The fourth-order valence-electron chi connectivity index (χ4n) is 4.39. The summed E-state index contributed by atoms with van der Waals surface area (Å²) in [6.45, 7) is 7.85. The number of ketones is 3. The van der Waals surface area contributed by atoms with Crippen LogP contribution in [-0.2, 0) is 20.9 Å². The third-order valence-electron chi connectivity index (χ3n) is 6.64. The van der Waals surface area contributed by atoms with E-state index in [0.29, 0.717) is 23.2 Å². The van der Waals surface area contributed by atoms with Crippen LogP contribution in [0.15, 0.2) is 79.4 Å². The fraction of sp³-hybridized carbons (Fsp3) is 0.226. The Bertz CT molecular complexity index is 1510. The van der Waals surface area contributed by atoms with Crippen LogP contribution in [0.25, 0.3) is 21.8 Å². The number of aromatic nitrogens is 1. The monoisotopic (exact) mass is 495 g/mol. The number of carbonyl (C=O) groups excluding carboxylic acids is 4. The van der Waals surface area contributed by atoms with Crippen molar-refractivity contribution in [1.29, 1.82) is 0 Å². The average Bonchev–Trinajstić information content (AvgIpc) is 3.24. The molecule has 0 radical (unpaired) electrons. The van der Waals surface area contributed by atoms with Crippen molar-refractivity contribution in [1.82, 2.24) is 4.57 Å². The molecule has 3 aromatic carbocycles. The topological polar surface area (TPSA) is 82.4 Å². The van der Waals surface area contributed by atoms with Crippen LogP contribution in [0.1, 0.15) is 53.0 Å². The van der Waals surface area contributed by atoms with E-state index in [9.17, 15) is 19.2 Å². The largest absolute Gasteiger partial charge is 0.461 e. The predicted octanol–water partition coefficient (Wildman–Crippen LogP) is 5.94. The van der Waals surface area contributed by atoms with Gasteiger partial charge in [-0.25, -0.2) is 4.79 Å². The summed E-state index contributed by atoms with van der Waals surface area (Å²) in [5.74, 6) is -1.41. The average molecular weight is 496 g/mol. The van der Waals surface area contributed by atoms with Gasteiger partial charge in [0.1, 0.15) is 6.61 Å². The van der Waals surface area contributed by atoms with E-state index in [4.69, 9.17) is 4.74 Å². The SMILES string of the molecule is C=CC(=O)OCCn1c2ccc(C(=O)C(=O)CC(C)CC)cc2c2cc(C(=O)c3ccccc3)ccc21. The summed E-state index contributed by atoms with van der Waals surface area (Å²) >= 11 is 0. The first-order valence-electron chi connectivity index (χ1n) is 12.4. The summed E-state index contributed by atoms with van der Waals surface area (Å²) in [7, 11) is 0. The van der Waals surface area contributed by atoms with Gasteiger partial charge in [0.2, 0.25) is 11.6 Å². The first-order chi connectivity index (χ1) is 17.8. The summed E-state index contributed by atoms with van der Waals surface area (Å²) < 4.78 is 7.17. The molecule has 0 saturated carbocycles. The maximum atomic E-state index is 13.1. The minimum Gasteiger partial charge on any atom is -0.461 e. The van der Waals surface area contributed by atoms with Crippen molar-refractivity contribution in [3.8, 4) is 0 Å². The highest BCUT2D eigenvalue weighted by molar-refractivity contribution is 6.44. The summed E-state index contributed by atoms with van der Waals surface area (Å²) in [6, 6.07) is 19.6. The van der Waals surface area contributed by atoms with Crippen LogP contribution in [0.3, 0.4) is 0 Å². The zero-order valence-electron chi connectivity index (χ0n) is 21.0. The van der Waals surface area contributed by atoms with Crippen molar-refractivity contribution >= 4 is 45.1 Å². The lowest BCUT2D eigenvalue weighted by Gasteiger charge is -2.09. The van der Waals surface area contributed by atoms with Gasteiger partial charge in [-0.05, 0) is 42.3 Å². The Morgan fingerprint density at radius 3 is 2.14 bits per heavy atom. The molecule has 4 aromatic rings. The molecule has 4 rings (SSSR count). The maximum absolute atomic E-state index is 13.1. The lowest BCUT2D eigenvalue weighted by atomic mass is 9.96. The van der Waals surface area contributed by atoms with E-state index in [1.54, 1.807) is 36.4 Å². The van der Waals surface area contributed by atoms with Crippen molar-refractivity contribution < 1.29 is 23.9 Å². The summed E-state index contributed by atoms with van der Waals surface area (Å²) in [6.07, 6.45) is 2.14. The van der Waals surface area contributed by atoms with E-state index in [-0.39, 0.29) is 24.7 Å². The number of ether oxygens (including phenoxy) is 1. The number of Topliss-reactive ketones (excluding diaryl/α,β-unsaturated/α-hetero) is 2. The first kappa shape index (κ1) is 25.8. The van der Waals surface area contributed by atoms with Crippen molar-refractivity contribution in [2.45, 2.75) is 33.2 Å². The Morgan fingerprint density at radius 2 is 1.51 bits per heavy atom. The van der Waals surface area contributed by atoms with E-state index in [1.165, 1.54) is 0 Å². The molecule has 6 heteroatoms. The van der Waals surface area contributed by atoms with Crippen molar-refractivity contribution in [3.05, 3.63) is 96.1 Å². The highest BCUT2D eigenvalue weighted by atomic mass is 16.5. The van der Waals surface area contributed by atoms with Crippen LogP contribution < -0.4 is 0 Å². The lowest BCUT2D eigenvalue weighted by molar-refractivity contribution is -0.137. The summed E-state index contributed by atoms with van der Waals surface area (Å²) in [4.78, 5) is 50.2. The van der Waals surface area contributed by atoms with Gasteiger partial charge in [0, 0.05) is 51.0 Å². The van der Waals surface area contributed by atoms with E-state index in [1.807, 2.05) is 48.7 Å². The zero-order valence-corrected chi connectivity index (χ0v) is 21.0. The molecule has 0 fully saturated rings. The van der Waals surface area contributed by atoms with E-state index in [2.05, 4.69) is 6.58 Å². The molecule has 37 heavy (non-hydrogen) atoms. The molecule has 0 N–H and O–H groups in total. The van der Waals surface area contributed by atoms with Gasteiger partial charge in [0.15, 0.2) is 5.78 Å². The molecule has 0 aliphatic heterocycles. The molecular formula is C31H29NO5. The zero-order chi connectivity index (χ0) is 26.5. The number of nitrogens with zero attached hydrogens (tertiary/aromatic N) is 1. The number of fused-ring (bicyclic) bond motifs is 3. The summed E-state index contributed by atoms with van der Waals surface area (Å²) in [5.41, 5.74) is 3.04. The molecule has 1 unspecified atom stereocenters. The van der Waals surface area contributed by atoms with Gasteiger partial charge in [-0.3, -0.25) is 14.4 Å². The second-order valence-corrected chi connectivity index (χ2v) is 9.15. The van der Waals surface area contributed by atoms with E-state index >= 15 is 0 Å². The van der Waals surface area contributed by atoms with Gasteiger partial charge in [0.25, 0.3) is 0 Å². The molecule has 0 saturated heterocycles. The Kier molecular flexibility index (Phi) is 7.77. The highest BCUT2D eigenvalue weighted by Crippen LogP contribution is 2.32. The van der Waals surface area contributed by atoms with Crippen LogP contribution in [-0.4, -0.2) is 34.5 Å². The number of benzene rings is 3. The van der Waals surface area contributed by atoms with Crippen LogP contribution in [0, 0.1) is 5.92 Å². The molecule has 0 aliphatic rings. The van der Waals surface area contributed by atoms with Gasteiger partial charge in [-0.2, -0.15) is 0 Å². The standard InChI is InChI=1S/C31H29NO5/c1-4-20(3)17-28(33)31(36)23-12-14-27-25(19-23)24-18-22(30(35)21-9-7-6-8-10-21)11-13-26(24)32(27)15-16-37-29(34)5-2/h5-14,18-20H,2,4,15-17H2,1,3H3. The van der Waals surface area contributed by atoms with Crippen molar-refractivity contribution in [2.24, 2.45) is 5.92 Å². The van der Waals surface area contributed by atoms with Crippen LogP contribution in [0.4, 0.5) is 0 Å². The van der Waals surface area contributed by atoms with Gasteiger partial charge in [0.05, 0.1) is 6.54 Å². The fourth-order valence-corrected chi connectivity index (χ4v) is 4.39. The number of rotatable bonds is 11. The first-order valence-corrected chi connectivity index (χ1v) is 12.4. The third-order valence-corrected chi connectivity index (χ3v) is 6.64. The number of esters is 1. The third kappa shape index (κ3) is 5.43. The second kappa shape index (κ2) is 11.2. The molecular weight excluding hydrogens is 466 g/mol. The molecule has 0 amide bonds. The molecule has 0 aliphatic carbocycles. The molecule has 1 heterocycles. The molecule has 0 spiro atoms. The Labute approximate surface area is 215 Å². The number of hydrogen-bond acceptors (Lipinski definition) is 5. The number of hydrogen-bond donors (Lipinski definition) is 0. The van der Waals surface area contributed by atoms with E-state index < -0.39 is 17.5 Å². The Balaban J connectivity index is 1.80. The smallest absolute Gasteiger partial charge is 0.330 e. The minimum absolute atomic E-state index is 0.112. The van der Waals surface area contributed by atoms with Crippen LogP contribution >= 0.6 is 0 Å². The normalized spacial score (nSPS) is 11.8. The number of carbonyl (C=O) groups is 4. The van der Waals surface area contributed by atoms with Crippen LogP contribution in [0.2, 0.25) is 0 Å². The van der Waals surface area contributed by atoms with Crippen molar-refractivity contribution in [2.75, 3.05) is 6.61 Å². The van der Waals surface area contributed by atoms with Gasteiger partial charge in [-0.1, -0.05) is 57.2 Å². The van der Waals surface area contributed by atoms with Crippen molar-refractivity contribution in [3.63, 3.8) is 0 Å². The van der Waals surface area contributed by atoms with E-state index in [0.717, 1.165) is 34.3 Å². The molecule has 0 bridgehead atoms. The Morgan fingerprint density at radius 1 is 0.892 bits per heavy atom. The quantitative estimate of drug-likeness (QED) is 0.111. The summed E-state index contributed by atoms with van der Waals surface area (Å²) in [5, 5.41) is 1.52. The van der Waals surface area contributed by atoms with Crippen LogP contribution in [0.5, 0.6) is 0 Å². The molecule has 6 nitrogen and oxygen atoms in total.